The Hall–Kier alpha value is -2.91. The lowest BCUT2D eigenvalue weighted by Gasteiger charge is -2.34. The van der Waals surface area contributed by atoms with Crippen LogP contribution in [0, 0.1) is 0 Å². The third kappa shape index (κ3) is 4.93. The van der Waals surface area contributed by atoms with Crippen LogP contribution < -0.4 is 4.74 Å². The molecule has 0 radical (unpaired) electrons. The minimum Gasteiger partial charge on any atom is -0.434 e. The van der Waals surface area contributed by atoms with Crippen molar-refractivity contribution >= 4 is 22.1 Å². The molecule has 0 N–H and O–H groups in total. The lowest BCUT2D eigenvalue weighted by atomic mass is 10.2. The van der Waals surface area contributed by atoms with Crippen molar-refractivity contribution in [3.8, 4) is 5.75 Å². The van der Waals surface area contributed by atoms with Gasteiger partial charge in [-0.05, 0) is 43.3 Å². The Morgan fingerprint density at radius 1 is 0.931 bits per heavy atom. The number of piperazine rings is 1. The summed E-state index contributed by atoms with van der Waals surface area (Å²) in [6.45, 7) is 2.94. The van der Waals surface area contributed by atoms with Gasteiger partial charge in [0, 0.05) is 31.7 Å². The molecule has 1 aliphatic rings. The zero-order valence-corrected chi connectivity index (χ0v) is 16.8. The standard InChI is InChI=1S/C20H22N2O6S/c1-2-27-20(24)28-17-10-8-16(9-11-17)19(23)21-12-14-22(15-13-21)29(25,26)18-6-4-3-5-7-18/h3-11H,2,12-15H2,1H3. The van der Waals surface area contributed by atoms with Crippen LogP contribution in [0.1, 0.15) is 17.3 Å². The van der Waals surface area contributed by atoms with Crippen molar-refractivity contribution in [2.24, 2.45) is 0 Å². The molecule has 0 spiro atoms. The normalized spacial score (nSPS) is 15.0. The van der Waals surface area contributed by atoms with Crippen molar-refractivity contribution in [3.63, 3.8) is 0 Å². The molecule has 1 aliphatic heterocycles. The highest BCUT2D eigenvalue weighted by Gasteiger charge is 2.30. The van der Waals surface area contributed by atoms with E-state index in [2.05, 4.69) is 0 Å². The topological polar surface area (TPSA) is 93.2 Å². The minimum atomic E-state index is -3.56. The van der Waals surface area contributed by atoms with Crippen molar-refractivity contribution in [2.75, 3.05) is 32.8 Å². The van der Waals surface area contributed by atoms with E-state index in [1.807, 2.05) is 0 Å². The Bertz CT molecular complexity index is 952. The van der Waals surface area contributed by atoms with Gasteiger partial charge in [0.2, 0.25) is 10.0 Å². The molecule has 2 aromatic rings. The Morgan fingerprint density at radius 2 is 1.55 bits per heavy atom. The molecule has 1 saturated heterocycles. The van der Waals surface area contributed by atoms with Crippen LogP contribution in [-0.2, 0) is 14.8 Å². The maximum atomic E-state index is 12.7. The van der Waals surface area contributed by atoms with E-state index in [9.17, 15) is 18.0 Å². The van der Waals surface area contributed by atoms with Gasteiger partial charge < -0.3 is 14.4 Å². The monoisotopic (exact) mass is 418 g/mol. The van der Waals surface area contributed by atoms with Gasteiger partial charge in [0.15, 0.2) is 0 Å². The predicted octanol–water partition coefficient (Wildman–Crippen LogP) is 2.37. The molecule has 154 valence electrons. The number of carbonyl (C=O) groups excluding carboxylic acids is 2. The summed E-state index contributed by atoms with van der Waals surface area (Å²) in [5.41, 5.74) is 0.431. The molecule has 2 aromatic carbocycles. The number of hydrogen-bond donors (Lipinski definition) is 0. The Morgan fingerprint density at radius 3 is 2.14 bits per heavy atom. The molecule has 0 atom stereocenters. The summed E-state index contributed by atoms with van der Waals surface area (Å²) >= 11 is 0. The molecule has 0 unspecified atom stereocenters. The smallest absolute Gasteiger partial charge is 0.434 e. The van der Waals surface area contributed by atoms with E-state index in [0.717, 1.165) is 0 Å². The van der Waals surface area contributed by atoms with Crippen molar-refractivity contribution < 1.29 is 27.5 Å². The molecule has 29 heavy (non-hydrogen) atoms. The van der Waals surface area contributed by atoms with Crippen molar-refractivity contribution in [3.05, 3.63) is 60.2 Å². The fourth-order valence-corrected chi connectivity index (χ4v) is 4.41. The molecule has 1 amide bonds. The predicted molar refractivity (Wildman–Crippen MR) is 105 cm³/mol. The zero-order chi connectivity index (χ0) is 20.9. The number of benzene rings is 2. The molecule has 0 bridgehead atoms. The first-order valence-corrected chi connectivity index (χ1v) is 10.6. The number of ether oxygens (including phenoxy) is 2. The van der Waals surface area contributed by atoms with E-state index in [-0.39, 0.29) is 36.2 Å². The highest BCUT2D eigenvalue weighted by molar-refractivity contribution is 7.89. The summed E-state index contributed by atoms with van der Waals surface area (Å²) in [6.07, 6.45) is -0.803. The summed E-state index contributed by atoms with van der Waals surface area (Å²) in [6, 6.07) is 14.4. The van der Waals surface area contributed by atoms with Crippen LogP contribution in [0.2, 0.25) is 0 Å². The second kappa shape index (κ2) is 9.06. The number of carbonyl (C=O) groups is 2. The summed E-state index contributed by atoms with van der Waals surface area (Å²) in [5, 5.41) is 0. The fraction of sp³-hybridized carbons (Fsp3) is 0.300. The third-order valence-electron chi connectivity index (χ3n) is 4.47. The largest absolute Gasteiger partial charge is 0.513 e. The second-order valence-corrected chi connectivity index (χ2v) is 8.26. The number of rotatable bonds is 5. The minimum absolute atomic E-state index is 0.204. The van der Waals surface area contributed by atoms with E-state index < -0.39 is 16.2 Å². The van der Waals surface area contributed by atoms with E-state index in [0.29, 0.717) is 18.7 Å². The molecular formula is C20H22N2O6S. The third-order valence-corrected chi connectivity index (χ3v) is 6.38. The zero-order valence-electron chi connectivity index (χ0n) is 16.0. The molecule has 0 aliphatic carbocycles. The van der Waals surface area contributed by atoms with E-state index in [4.69, 9.17) is 9.47 Å². The van der Waals surface area contributed by atoms with Crippen LogP contribution in [0.15, 0.2) is 59.5 Å². The van der Waals surface area contributed by atoms with Gasteiger partial charge in [-0.2, -0.15) is 4.31 Å². The van der Waals surface area contributed by atoms with Crippen LogP contribution in [0.5, 0.6) is 5.75 Å². The lowest BCUT2D eigenvalue weighted by Crippen LogP contribution is -2.50. The van der Waals surface area contributed by atoms with E-state index >= 15 is 0 Å². The van der Waals surface area contributed by atoms with Gasteiger partial charge in [0.05, 0.1) is 11.5 Å². The average Bonchev–Trinajstić information content (AvgIpc) is 2.75. The van der Waals surface area contributed by atoms with Gasteiger partial charge in [-0.3, -0.25) is 4.79 Å². The number of nitrogens with zero attached hydrogens (tertiary/aromatic N) is 2. The summed E-state index contributed by atoms with van der Waals surface area (Å²) in [4.78, 5) is 25.9. The van der Waals surface area contributed by atoms with Crippen LogP contribution >= 0.6 is 0 Å². The summed E-state index contributed by atoms with van der Waals surface area (Å²) < 4.78 is 36.4. The maximum absolute atomic E-state index is 12.7. The number of hydrogen-bond acceptors (Lipinski definition) is 6. The van der Waals surface area contributed by atoms with Gasteiger partial charge in [-0.15, -0.1) is 0 Å². The van der Waals surface area contributed by atoms with E-state index in [1.165, 1.54) is 16.4 Å². The molecule has 3 rings (SSSR count). The summed E-state index contributed by atoms with van der Waals surface area (Å²) in [7, 11) is -3.56. The molecule has 9 heteroatoms. The maximum Gasteiger partial charge on any atom is 0.513 e. The molecule has 8 nitrogen and oxygen atoms in total. The first kappa shape index (κ1) is 20.8. The van der Waals surface area contributed by atoms with Gasteiger partial charge >= 0.3 is 6.16 Å². The Labute approximate surface area is 169 Å². The Balaban J connectivity index is 1.59. The fourth-order valence-electron chi connectivity index (χ4n) is 2.96. The number of amides is 1. The number of sulfonamides is 1. The molecular weight excluding hydrogens is 396 g/mol. The Kier molecular flexibility index (Phi) is 6.50. The van der Waals surface area contributed by atoms with Crippen LogP contribution in [0.3, 0.4) is 0 Å². The SMILES string of the molecule is CCOC(=O)Oc1ccc(C(=O)N2CCN(S(=O)(=O)c3ccccc3)CC2)cc1. The lowest BCUT2D eigenvalue weighted by molar-refractivity contribution is 0.0698. The molecule has 0 aromatic heterocycles. The van der Waals surface area contributed by atoms with Crippen LogP contribution in [0.4, 0.5) is 4.79 Å². The van der Waals surface area contributed by atoms with Crippen molar-refractivity contribution in [2.45, 2.75) is 11.8 Å². The van der Waals surface area contributed by atoms with Gasteiger partial charge in [0.25, 0.3) is 5.91 Å². The van der Waals surface area contributed by atoms with Gasteiger partial charge in [-0.25, -0.2) is 13.2 Å². The van der Waals surface area contributed by atoms with Gasteiger partial charge in [0.1, 0.15) is 5.75 Å². The van der Waals surface area contributed by atoms with Gasteiger partial charge in [-0.1, -0.05) is 18.2 Å². The molecule has 1 fully saturated rings. The highest BCUT2D eigenvalue weighted by atomic mass is 32.2. The van der Waals surface area contributed by atoms with Crippen LogP contribution in [0.25, 0.3) is 0 Å². The van der Waals surface area contributed by atoms with Crippen LogP contribution in [-0.4, -0.2) is 62.5 Å². The quantitative estimate of drug-likeness (QED) is 0.547. The highest BCUT2D eigenvalue weighted by Crippen LogP contribution is 2.19. The first-order chi connectivity index (χ1) is 13.9. The van der Waals surface area contributed by atoms with Crippen molar-refractivity contribution in [1.82, 2.24) is 9.21 Å². The molecule has 1 heterocycles. The second-order valence-electron chi connectivity index (χ2n) is 6.32. The van der Waals surface area contributed by atoms with Crippen molar-refractivity contribution in [1.29, 1.82) is 0 Å². The average molecular weight is 418 g/mol. The van der Waals surface area contributed by atoms with E-state index in [1.54, 1.807) is 54.3 Å². The first-order valence-electron chi connectivity index (χ1n) is 9.21. The summed E-state index contributed by atoms with van der Waals surface area (Å²) in [5.74, 6) is 0.0724. The molecule has 0 saturated carbocycles.